The van der Waals surface area contributed by atoms with Crippen molar-refractivity contribution in [3.05, 3.63) is 81.4 Å². The van der Waals surface area contributed by atoms with Crippen molar-refractivity contribution in [2.45, 2.75) is 6.92 Å². The molecule has 8 nitrogen and oxygen atoms in total. The summed E-state index contributed by atoms with van der Waals surface area (Å²) in [4.78, 5) is 27.9. The average molecular weight is 435 g/mol. The van der Waals surface area contributed by atoms with Crippen molar-refractivity contribution in [1.82, 2.24) is 5.32 Å². The first kappa shape index (κ1) is 20.4. The molecule has 3 aromatic rings. The number of rotatable bonds is 6. The number of aliphatic imine (C=N–C) groups is 1. The Morgan fingerprint density at radius 3 is 2.68 bits per heavy atom. The number of nitro groups is 1. The van der Waals surface area contributed by atoms with Crippen molar-refractivity contribution in [3.63, 3.8) is 0 Å². The molecule has 1 aromatic heterocycles. The van der Waals surface area contributed by atoms with Crippen LogP contribution in [0, 0.1) is 10.1 Å². The number of carbonyl (C=O) groups is 1. The number of hydrogen-bond acceptors (Lipinski definition) is 7. The highest BCUT2D eigenvalue weighted by atomic mass is 32.2. The Morgan fingerprint density at radius 1 is 1.16 bits per heavy atom. The second-order valence-electron chi connectivity index (χ2n) is 6.38. The molecular weight excluding hydrogens is 418 g/mol. The Balaban J connectivity index is 1.53. The highest BCUT2D eigenvalue weighted by molar-refractivity contribution is 8.18. The van der Waals surface area contributed by atoms with Crippen LogP contribution in [0.4, 0.5) is 11.4 Å². The van der Waals surface area contributed by atoms with Gasteiger partial charge in [0, 0.05) is 12.1 Å². The largest absolute Gasteiger partial charge is 0.494 e. The fraction of sp³-hybridized carbons (Fsp3) is 0.0909. The minimum absolute atomic E-state index is 0.0474. The van der Waals surface area contributed by atoms with E-state index in [2.05, 4.69) is 10.3 Å². The second kappa shape index (κ2) is 8.88. The molecule has 2 aromatic carbocycles. The van der Waals surface area contributed by atoms with E-state index in [9.17, 15) is 14.9 Å². The summed E-state index contributed by atoms with van der Waals surface area (Å²) in [7, 11) is 0. The molecule has 4 rings (SSSR count). The number of amidine groups is 1. The first-order valence-corrected chi connectivity index (χ1v) is 10.2. The molecule has 0 bridgehead atoms. The Kier molecular flexibility index (Phi) is 5.85. The molecule has 156 valence electrons. The van der Waals surface area contributed by atoms with Crippen LogP contribution in [0.1, 0.15) is 12.7 Å². The molecule has 31 heavy (non-hydrogen) atoms. The molecule has 1 fully saturated rings. The zero-order chi connectivity index (χ0) is 21.8. The molecule has 9 heteroatoms. The zero-order valence-corrected chi connectivity index (χ0v) is 17.2. The van der Waals surface area contributed by atoms with Gasteiger partial charge >= 0.3 is 0 Å². The van der Waals surface area contributed by atoms with Gasteiger partial charge in [0.05, 0.1) is 27.7 Å². The third-order valence-electron chi connectivity index (χ3n) is 4.30. The predicted octanol–water partition coefficient (Wildman–Crippen LogP) is 5.15. The van der Waals surface area contributed by atoms with Crippen molar-refractivity contribution in [1.29, 1.82) is 0 Å². The summed E-state index contributed by atoms with van der Waals surface area (Å²) < 4.78 is 11.1. The standard InChI is InChI=1S/C22H17N3O5S/c1-2-29-15-9-7-14(8-10-15)23-22-24-21(26)20(31-22)13-16-11-12-19(30-16)17-5-3-4-6-18(17)25(27)28/h3-13H,2H2,1H3,(H,23,24,26)/b20-13+. The molecule has 0 saturated carbocycles. The van der Waals surface area contributed by atoms with Gasteiger partial charge in [-0.05, 0) is 61.2 Å². The van der Waals surface area contributed by atoms with E-state index in [1.807, 2.05) is 19.1 Å². The number of furan rings is 1. The van der Waals surface area contributed by atoms with Crippen LogP contribution in [0.15, 0.2) is 75.0 Å². The minimum Gasteiger partial charge on any atom is -0.494 e. The smallest absolute Gasteiger partial charge is 0.280 e. The Hall–Kier alpha value is -3.85. The molecule has 2 heterocycles. The molecule has 1 aliphatic rings. The van der Waals surface area contributed by atoms with E-state index in [0.717, 1.165) is 5.75 Å². The van der Waals surface area contributed by atoms with E-state index in [1.54, 1.807) is 48.5 Å². The summed E-state index contributed by atoms with van der Waals surface area (Å²) in [5, 5.41) is 14.4. The average Bonchev–Trinajstić information content (AvgIpc) is 3.36. The summed E-state index contributed by atoms with van der Waals surface area (Å²) in [6.07, 6.45) is 1.58. The lowest BCUT2D eigenvalue weighted by molar-refractivity contribution is -0.384. The molecule has 1 saturated heterocycles. The molecular formula is C22H17N3O5S. The number of para-hydroxylation sites is 1. The predicted molar refractivity (Wildman–Crippen MR) is 119 cm³/mol. The fourth-order valence-corrected chi connectivity index (χ4v) is 3.75. The number of hydrogen-bond donors (Lipinski definition) is 1. The lowest BCUT2D eigenvalue weighted by Gasteiger charge is -2.02. The van der Waals surface area contributed by atoms with Gasteiger partial charge in [0.2, 0.25) is 0 Å². The van der Waals surface area contributed by atoms with E-state index < -0.39 is 4.92 Å². The van der Waals surface area contributed by atoms with Crippen molar-refractivity contribution in [2.24, 2.45) is 4.99 Å². The van der Waals surface area contributed by atoms with Gasteiger partial charge in [-0.15, -0.1) is 0 Å². The lowest BCUT2D eigenvalue weighted by Crippen LogP contribution is -2.19. The Labute approximate surface area is 181 Å². The molecule has 0 radical (unpaired) electrons. The Morgan fingerprint density at radius 2 is 1.94 bits per heavy atom. The summed E-state index contributed by atoms with van der Waals surface area (Å²) in [6, 6.07) is 16.9. The van der Waals surface area contributed by atoms with Gasteiger partial charge in [0.15, 0.2) is 5.17 Å². The summed E-state index contributed by atoms with van der Waals surface area (Å²) in [5.74, 6) is 1.22. The van der Waals surface area contributed by atoms with Gasteiger partial charge in [-0.25, -0.2) is 4.99 Å². The van der Waals surface area contributed by atoms with Crippen LogP contribution in [-0.4, -0.2) is 22.6 Å². The fourth-order valence-electron chi connectivity index (χ4n) is 2.93. The van der Waals surface area contributed by atoms with Gasteiger partial charge in [0.1, 0.15) is 17.3 Å². The zero-order valence-electron chi connectivity index (χ0n) is 16.4. The van der Waals surface area contributed by atoms with Crippen molar-refractivity contribution in [2.75, 3.05) is 6.61 Å². The van der Waals surface area contributed by atoms with E-state index in [1.165, 1.54) is 17.8 Å². The van der Waals surface area contributed by atoms with E-state index >= 15 is 0 Å². The van der Waals surface area contributed by atoms with Gasteiger partial charge in [-0.3, -0.25) is 14.9 Å². The van der Waals surface area contributed by atoms with E-state index in [0.29, 0.717) is 39.5 Å². The number of amides is 1. The highest BCUT2D eigenvalue weighted by Gasteiger charge is 2.25. The summed E-state index contributed by atoms with van der Waals surface area (Å²) in [5.41, 5.74) is 1.01. The monoisotopic (exact) mass is 435 g/mol. The Bertz CT molecular complexity index is 1200. The molecule has 0 spiro atoms. The molecule has 1 N–H and O–H groups in total. The first-order valence-electron chi connectivity index (χ1n) is 9.39. The van der Waals surface area contributed by atoms with Crippen LogP contribution < -0.4 is 10.1 Å². The van der Waals surface area contributed by atoms with E-state index in [4.69, 9.17) is 9.15 Å². The molecule has 0 aliphatic carbocycles. The van der Waals surface area contributed by atoms with Crippen molar-refractivity contribution >= 4 is 40.3 Å². The van der Waals surface area contributed by atoms with Crippen LogP contribution in [0.3, 0.4) is 0 Å². The SMILES string of the molecule is CCOc1ccc(N=C2NC(=O)/C(=C\c3ccc(-c4ccccc4[N+](=O)[O-])o3)S2)cc1. The minimum atomic E-state index is -0.458. The number of carbonyl (C=O) groups excluding carboxylic acids is 1. The summed E-state index contributed by atoms with van der Waals surface area (Å²) >= 11 is 1.19. The third kappa shape index (κ3) is 4.67. The summed E-state index contributed by atoms with van der Waals surface area (Å²) in [6.45, 7) is 2.50. The highest BCUT2D eigenvalue weighted by Crippen LogP contribution is 2.33. The first-order chi connectivity index (χ1) is 15.0. The number of nitrogens with one attached hydrogen (secondary N) is 1. The number of nitrogens with zero attached hydrogens (tertiary/aromatic N) is 2. The topological polar surface area (TPSA) is 107 Å². The number of benzene rings is 2. The number of ether oxygens (including phenoxy) is 1. The number of nitro benzene ring substituents is 1. The second-order valence-corrected chi connectivity index (χ2v) is 7.42. The normalized spacial score (nSPS) is 16.0. The van der Waals surface area contributed by atoms with Crippen LogP contribution in [0.5, 0.6) is 5.75 Å². The maximum Gasteiger partial charge on any atom is 0.280 e. The van der Waals surface area contributed by atoms with Crippen LogP contribution in [0.2, 0.25) is 0 Å². The lowest BCUT2D eigenvalue weighted by atomic mass is 10.1. The van der Waals surface area contributed by atoms with Crippen molar-refractivity contribution < 1.29 is 18.9 Å². The van der Waals surface area contributed by atoms with Gasteiger partial charge in [-0.2, -0.15) is 0 Å². The molecule has 0 atom stereocenters. The molecule has 1 aliphatic heterocycles. The van der Waals surface area contributed by atoms with Gasteiger partial charge in [0.25, 0.3) is 11.6 Å². The van der Waals surface area contributed by atoms with Gasteiger partial charge in [-0.1, -0.05) is 12.1 Å². The maximum absolute atomic E-state index is 12.3. The van der Waals surface area contributed by atoms with Crippen LogP contribution in [0.25, 0.3) is 17.4 Å². The quantitative estimate of drug-likeness (QED) is 0.326. The molecule has 0 unspecified atom stereocenters. The third-order valence-corrected chi connectivity index (χ3v) is 5.21. The van der Waals surface area contributed by atoms with Crippen LogP contribution in [-0.2, 0) is 4.79 Å². The van der Waals surface area contributed by atoms with Crippen molar-refractivity contribution in [3.8, 4) is 17.1 Å². The number of thioether (sulfide) groups is 1. The van der Waals surface area contributed by atoms with E-state index in [-0.39, 0.29) is 11.6 Å². The van der Waals surface area contributed by atoms with Gasteiger partial charge < -0.3 is 14.5 Å². The van der Waals surface area contributed by atoms with Crippen LogP contribution >= 0.6 is 11.8 Å². The maximum atomic E-state index is 12.3. The molecule has 1 amide bonds.